The van der Waals surface area contributed by atoms with Gasteiger partial charge in [-0.2, -0.15) is 13.2 Å². The van der Waals surface area contributed by atoms with Gasteiger partial charge in [-0.05, 0) is 24.0 Å². The van der Waals surface area contributed by atoms with Crippen LogP contribution >= 0.6 is 0 Å². The second kappa shape index (κ2) is 9.97. The first kappa shape index (κ1) is 24.9. The zero-order chi connectivity index (χ0) is 26.2. The second-order valence-corrected chi connectivity index (χ2v) is 10.3. The van der Waals surface area contributed by atoms with Crippen molar-refractivity contribution >= 4 is 16.7 Å². The Morgan fingerprint density at radius 1 is 1.03 bits per heavy atom. The minimum atomic E-state index is -4.73. The monoisotopic (exact) mass is 529 g/mol. The number of hydrogen-bond acceptors (Lipinski definition) is 6. The third-order valence-corrected chi connectivity index (χ3v) is 6.94. The van der Waals surface area contributed by atoms with Crippen LogP contribution in [0.25, 0.3) is 34.0 Å². The number of aryl methyl sites for hydroxylation is 1. The molecule has 0 radical (unpaired) electrons. The molecule has 1 aliphatic carbocycles. The quantitative estimate of drug-likeness (QED) is 0.369. The molecule has 0 saturated carbocycles. The summed E-state index contributed by atoms with van der Waals surface area (Å²) >= 11 is 0. The summed E-state index contributed by atoms with van der Waals surface area (Å²) in [5.41, 5.74) is 2.27. The summed E-state index contributed by atoms with van der Waals surface area (Å²) in [5.74, 6) is -0.222. The van der Waals surface area contributed by atoms with Crippen molar-refractivity contribution in [2.24, 2.45) is 0 Å². The molecule has 1 N–H and O–H groups in total. The number of rotatable bonds is 7. The van der Waals surface area contributed by atoms with Gasteiger partial charge in [-0.15, -0.1) is 0 Å². The first-order chi connectivity index (χ1) is 17.7. The zero-order valence-corrected chi connectivity index (χ0v) is 20.5. The van der Waals surface area contributed by atoms with Crippen LogP contribution < -0.4 is 5.32 Å². The second-order valence-electron chi connectivity index (χ2n) is 8.73. The molecular formula is C26H22F3N3O4S. The molecule has 0 spiro atoms. The summed E-state index contributed by atoms with van der Waals surface area (Å²) in [4.78, 5) is 12.2. The van der Waals surface area contributed by atoms with Crippen LogP contribution in [0, 0.1) is 0 Å². The molecule has 2 heterocycles. The first-order valence-electron chi connectivity index (χ1n) is 11.5. The lowest BCUT2D eigenvalue weighted by atomic mass is 9.87. The van der Waals surface area contributed by atoms with Crippen molar-refractivity contribution in [1.82, 2.24) is 15.6 Å². The number of benzene rings is 2. The van der Waals surface area contributed by atoms with Crippen LogP contribution in [0.3, 0.4) is 0 Å². The van der Waals surface area contributed by atoms with E-state index < -0.39 is 28.2 Å². The van der Waals surface area contributed by atoms with Crippen molar-refractivity contribution in [2.75, 3.05) is 18.6 Å². The highest BCUT2D eigenvalue weighted by Gasteiger charge is 2.43. The largest absolute Gasteiger partial charge is 0.422 e. The lowest BCUT2D eigenvalue weighted by Crippen LogP contribution is -2.28. The summed E-state index contributed by atoms with van der Waals surface area (Å²) in [7, 11) is -0.982. The van der Waals surface area contributed by atoms with E-state index in [1.165, 1.54) is 12.1 Å². The molecule has 0 fully saturated rings. The molecule has 0 aliphatic heterocycles. The molecule has 5 rings (SSSR count). The van der Waals surface area contributed by atoms with E-state index in [0.717, 1.165) is 16.7 Å². The van der Waals surface area contributed by atoms with E-state index in [1.807, 2.05) is 6.07 Å². The normalized spacial score (nSPS) is 13.6. The van der Waals surface area contributed by atoms with Gasteiger partial charge in [0.2, 0.25) is 5.91 Å². The molecule has 37 heavy (non-hydrogen) atoms. The number of carbonyl (C=O) groups excluding carboxylic acids is 1. The van der Waals surface area contributed by atoms with Gasteiger partial charge in [-0.25, -0.2) is 0 Å². The molecule has 4 aromatic rings. The predicted octanol–water partition coefficient (Wildman–Crippen LogP) is 4.82. The third kappa shape index (κ3) is 5.08. The number of nitrogens with zero attached hydrogens (tertiary/aromatic N) is 2. The Balaban J connectivity index is 1.45. The molecule has 1 unspecified atom stereocenters. The molecular weight excluding hydrogens is 507 g/mol. The summed E-state index contributed by atoms with van der Waals surface area (Å²) in [6, 6.07) is 13.5. The van der Waals surface area contributed by atoms with Crippen LogP contribution in [0.1, 0.15) is 22.3 Å². The molecule has 1 amide bonds. The number of fused-ring (bicyclic) bond motifs is 3. The van der Waals surface area contributed by atoms with Crippen molar-refractivity contribution in [2.45, 2.75) is 25.4 Å². The fourth-order valence-electron chi connectivity index (χ4n) is 4.47. The highest BCUT2D eigenvalue weighted by molar-refractivity contribution is 7.84. The van der Waals surface area contributed by atoms with Crippen molar-refractivity contribution in [1.29, 1.82) is 0 Å². The van der Waals surface area contributed by atoms with Gasteiger partial charge in [-0.3, -0.25) is 9.00 Å². The maximum atomic E-state index is 14.1. The average molecular weight is 530 g/mol. The fourth-order valence-corrected chi connectivity index (χ4v) is 4.86. The van der Waals surface area contributed by atoms with Crippen LogP contribution in [-0.2, 0) is 41.0 Å². The third-order valence-electron chi connectivity index (χ3n) is 6.16. The summed E-state index contributed by atoms with van der Waals surface area (Å²) in [6.07, 6.45) is -2.06. The van der Waals surface area contributed by atoms with E-state index in [-0.39, 0.29) is 29.4 Å². The van der Waals surface area contributed by atoms with Crippen LogP contribution in [0.4, 0.5) is 13.2 Å². The van der Waals surface area contributed by atoms with E-state index in [9.17, 15) is 22.2 Å². The van der Waals surface area contributed by atoms with Gasteiger partial charge >= 0.3 is 6.18 Å². The van der Waals surface area contributed by atoms with Crippen molar-refractivity contribution in [3.63, 3.8) is 0 Å². The summed E-state index contributed by atoms with van der Waals surface area (Å²) < 4.78 is 64.2. The van der Waals surface area contributed by atoms with Gasteiger partial charge in [0.25, 0.3) is 0 Å². The van der Waals surface area contributed by atoms with E-state index >= 15 is 0 Å². The van der Waals surface area contributed by atoms with E-state index in [2.05, 4.69) is 15.6 Å². The number of carbonyl (C=O) groups is 1. The van der Waals surface area contributed by atoms with Gasteiger partial charge < -0.3 is 14.4 Å². The Hall–Kier alpha value is -3.73. The fraction of sp³-hybridized carbons (Fsp3) is 0.269. The van der Waals surface area contributed by atoms with Gasteiger partial charge in [0.05, 0.1) is 6.42 Å². The first-order valence-corrected chi connectivity index (χ1v) is 13.2. The van der Waals surface area contributed by atoms with Crippen LogP contribution in [0.2, 0.25) is 0 Å². The van der Waals surface area contributed by atoms with Gasteiger partial charge in [0.15, 0.2) is 17.2 Å². The Kier molecular flexibility index (Phi) is 6.72. The SMILES string of the molecule is CS(=O)CCNC(=O)Cc1ccc2c(c1)CCc1c-2noc1-c1noc(-c2ccccc2)c1C(F)(F)F. The molecule has 1 atom stereocenters. The number of halogens is 3. The topological polar surface area (TPSA) is 98.2 Å². The highest BCUT2D eigenvalue weighted by atomic mass is 32.2. The van der Waals surface area contributed by atoms with Gasteiger partial charge in [0, 0.05) is 46.0 Å². The minimum Gasteiger partial charge on any atom is -0.355 e. The van der Waals surface area contributed by atoms with E-state index in [4.69, 9.17) is 9.05 Å². The number of hydrogen-bond donors (Lipinski definition) is 1. The molecule has 11 heteroatoms. The molecule has 2 aromatic heterocycles. The minimum absolute atomic E-state index is 0.0596. The molecule has 192 valence electrons. The Bertz CT molecular complexity index is 1480. The van der Waals surface area contributed by atoms with Crippen LogP contribution in [0.5, 0.6) is 0 Å². The van der Waals surface area contributed by atoms with Crippen molar-refractivity contribution in [3.05, 3.63) is 70.8 Å². The molecule has 1 aliphatic rings. The number of aromatic nitrogens is 2. The number of amides is 1. The lowest BCUT2D eigenvalue weighted by Gasteiger charge is -2.16. The summed E-state index contributed by atoms with van der Waals surface area (Å²) in [6.45, 7) is 0.339. The predicted molar refractivity (Wildman–Crippen MR) is 131 cm³/mol. The van der Waals surface area contributed by atoms with E-state index in [1.54, 1.807) is 36.6 Å². The van der Waals surface area contributed by atoms with Crippen LogP contribution in [-0.4, -0.2) is 39.0 Å². The van der Waals surface area contributed by atoms with Crippen molar-refractivity contribution < 1.29 is 31.2 Å². The molecule has 0 bridgehead atoms. The van der Waals surface area contributed by atoms with E-state index in [0.29, 0.717) is 36.4 Å². The average Bonchev–Trinajstić information content (AvgIpc) is 3.48. The Labute approximate surface area is 212 Å². The smallest absolute Gasteiger partial charge is 0.355 e. The Morgan fingerprint density at radius 2 is 1.76 bits per heavy atom. The molecule has 2 aromatic carbocycles. The molecule has 7 nitrogen and oxygen atoms in total. The lowest BCUT2D eigenvalue weighted by molar-refractivity contribution is -0.137. The molecule has 0 saturated heterocycles. The van der Waals surface area contributed by atoms with Crippen LogP contribution in [0.15, 0.2) is 57.6 Å². The zero-order valence-electron chi connectivity index (χ0n) is 19.7. The summed E-state index contributed by atoms with van der Waals surface area (Å²) in [5, 5.41) is 10.6. The van der Waals surface area contributed by atoms with Gasteiger partial charge in [0.1, 0.15) is 11.3 Å². The highest BCUT2D eigenvalue weighted by Crippen LogP contribution is 2.46. The Morgan fingerprint density at radius 3 is 2.49 bits per heavy atom. The number of nitrogens with one attached hydrogen (secondary N) is 1. The standard InChI is InChI=1S/C26H22F3N3O4S/c1-37(34)12-11-30-20(33)14-15-7-9-18-17(13-15)8-10-19-22(18)31-36-25(19)23-21(26(27,28)29)24(35-32-23)16-5-3-2-4-6-16/h2-7,9,13H,8,10-12,14H2,1H3,(H,30,33). The van der Waals surface area contributed by atoms with Crippen molar-refractivity contribution in [3.8, 4) is 34.0 Å². The maximum absolute atomic E-state index is 14.1. The van der Waals surface area contributed by atoms with Gasteiger partial charge in [-0.1, -0.05) is 58.8 Å². The number of alkyl halides is 3. The maximum Gasteiger partial charge on any atom is 0.422 e.